The maximum atomic E-state index is 13.9. The Morgan fingerprint density at radius 2 is 1.87 bits per heavy atom. The highest BCUT2D eigenvalue weighted by molar-refractivity contribution is 5.47. The van der Waals surface area contributed by atoms with Crippen LogP contribution in [0.2, 0.25) is 0 Å². The van der Waals surface area contributed by atoms with Gasteiger partial charge in [-0.05, 0) is 36.6 Å². The van der Waals surface area contributed by atoms with Crippen LogP contribution in [0.3, 0.4) is 0 Å². The van der Waals surface area contributed by atoms with E-state index in [9.17, 15) is 22.4 Å². The fourth-order valence-corrected chi connectivity index (χ4v) is 4.03. The van der Waals surface area contributed by atoms with Gasteiger partial charge in [-0.25, -0.2) is 4.39 Å². The molecule has 3 heterocycles. The SMILES string of the molecule is Cc1cc(F)cc(CN2c3nc(N4CCOCC4)cc(=O)n3CCC2C(F)(F)F)c1. The van der Waals surface area contributed by atoms with Crippen LogP contribution in [-0.4, -0.2) is 48.1 Å². The number of hydrogen-bond donors (Lipinski definition) is 0. The number of nitrogens with zero attached hydrogens (tertiary/aromatic N) is 4. The molecule has 1 aromatic carbocycles. The second-order valence-corrected chi connectivity index (χ2v) is 7.61. The van der Waals surface area contributed by atoms with Crippen LogP contribution in [0.4, 0.5) is 29.3 Å². The molecule has 1 saturated heterocycles. The van der Waals surface area contributed by atoms with E-state index < -0.39 is 23.6 Å². The molecule has 2 aliphatic heterocycles. The third-order valence-electron chi connectivity index (χ3n) is 5.40. The first-order valence-electron chi connectivity index (χ1n) is 9.76. The Balaban J connectivity index is 1.78. The number of halogens is 4. The number of ether oxygens (including phenoxy) is 1. The van der Waals surface area contributed by atoms with Gasteiger partial charge in [0, 0.05) is 32.2 Å². The Kier molecular flexibility index (Phi) is 5.44. The summed E-state index contributed by atoms with van der Waals surface area (Å²) in [5.74, 6) is -0.227. The van der Waals surface area contributed by atoms with E-state index in [0.717, 1.165) is 4.90 Å². The maximum Gasteiger partial charge on any atom is 0.408 e. The summed E-state index contributed by atoms with van der Waals surface area (Å²) in [5.41, 5.74) is 0.599. The van der Waals surface area contributed by atoms with E-state index in [1.807, 2.05) is 4.90 Å². The number of fused-ring (bicyclic) bond motifs is 1. The highest BCUT2D eigenvalue weighted by atomic mass is 19.4. The average Bonchev–Trinajstić information content (AvgIpc) is 2.67. The summed E-state index contributed by atoms with van der Waals surface area (Å²) < 4.78 is 61.9. The normalized spacial score (nSPS) is 19.7. The van der Waals surface area contributed by atoms with E-state index in [2.05, 4.69) is 4.98 Å². The van der Waals surface area contributed by atoms with Crippen LogP contribution in [0.1, 0.15) is 17.5 Å². The number of rotatable bonds is 3. The van der Waals surface area contributed by atoms with E-state index in [4.69, 9.17) is 4.74 Å². The van der Waals surface area contributed by atoms with E-state index in [1.165, 1.54) is 22.8 Å². The molecule has 4 rings (SSSR count). The number of anilines is 2. The molecule has 1 fully saturated rings. The molecule has 0 saturated carbocycles. The smallest absolute Gasteiger partial charge is 0.378 e. The number of hydrogen-bond acceptors (Lipinski definition) is 5. The van der Waals surface area contributed by atoms with Crippen molar-refractivity contribution in [3.8, 4) is 0 Å². The molecular weight excluding hydrogens is 404 g/mol. The molecule has 1 aromatic heterocycles. The second-order valence-electron chi connectivity index (χ2n) is 7.61. The maximum absolute atomic E-state index is 13.9. The van der Waals surface area contributed by atoms with Crippen molar-refractivity contribution in [2.45, 2.75) is 38.7 Å². The van der Waals surface area contributed by atoms with Gasteiger partial charge in [0.05, 0.1) is 13.2 Å². The fourth-order valence-electron chi connectivity index (χ4n) is 4.03. The lowest BCUT2D eigenvalue weighted by Gasteiger charge is -2.39. The highest BCUT2D eigenvalue weighted by Crippen LogP contribution is 2.35. The minimum Gasteiger partial charge on any atom is -0.378 e. The predicted octanol–water partition coefficient (Wildman–Crippen LogP) is 2.87. The quantitative estimate of drug-likeness (QED) is 0.707. The Morgan fingerprint density at radius 1 is 1.13 bits per heavy atom. The van der Waals surface area contributed by atoms with Crippen LogP contribution in [0, 0.1) is 12.7 Å². The van der Waals surface area contributed by atoms with Crippen molar-refractivity contribution in [2.75, 3.05) is 36.1 Å². The van der Waals surface area contributed by atoms with E-state index in [1.54, 1.807) is 13.0 Å². The number of morpholine rings is 1. The van der Waals surface area contributed by atoms with Crippen molar-refractivity contribution in [2.24, 2.45) is 0 Å². The summed E-state index contributed by atoms with van der Waals surface area (Å²) in [6.45, 7) is 3.31. The van der Waals surface area contributed by atoms with Crippen LogP contribution in [0.5, 0.6) is 0 Å². The Hall–Kier alpha value is -2.62. The minimum absolute atomic E-state index is 0.0421. The molecule has 0 N–H and O–H groups in total. The lowest BCUT2D eigenvalue weighted by atomic mass is 10.1. The van der Waals surface area contributed by atoms with E-state index in [-0.39, 0.29) is 25.5 Å². The summed E-state index contributed by atoms with van der Waals surface area (Å²) in [7, 11) is 0. The van der Waals surface area contributed by atoms with Gasteiger partial charge in [0.1, 0.15) is 17.7 Å². The molecule has 0 aliphatic carbocycles. The van der Waals surface area contributed by atoms with Crippen molar-refractivity contribution < 1.29 is 22.3 Å². The van der Waals surface area contributed by atoms with E-state index in [0.29, 0.717) is 43.2 Å². The van der Waals surface area contributed by atoms with Crippen LogP contribution in [0.15, 0.2) is 29.1 Å². The molecule has 10 heteroatoms. The summed E-state index contributed by atoms with van der Waals surface area (Å²) in [6, 6.07) is 3.71. The molecule has 0 radical (unpaired) electrons. The van der Waals surface area contributed by atoms with Crippen LogP contribution in [-0.2, 0) is 17.8 Å². The topological polar surface area (TPSA) is 50.6 Å². The molecule has 0 amide bonds. The first-order chi connectivity index (χ1) is 14.2. The van der Waals surface area contributed by atoms with Crippen molar-refractivity contribution in [1.82, 2.24) is 9.55 Å². The Labute approximate surface area is 170 Å². The lowest BCUT2D eigenvalue weighted by Crippen LogP contribution is -2.52. The monoisotopic (exact) mass is 426 g/mol. The predicted molar refractivity (Wildman–Crippen MR) is 103 cm³/mol. The van der Waals surface area contributed by atoms with Crippen molar-refractivity contribution >= 4 is 11.8 Å². The summed E-state index contributed by atoms with van der Waals surface area (Å²) >= 11 is 0. The molecular formula is C20H22F4N4O2. The molecule has 1 atom stereocenters. The van der Waals surface area contributed by atoms with Crippen molar-refractivity contribution in [3.05, 3.63) is 51.6 Å². The first-order valence-corrected chi connectivity index (χ1v) is 9.76. The molecule has 0 spiro atoms. The van der Waals surface area contributed by atoms with Gasteiger partial charge in [0.25, 0.3) is 5.56 Å². The number of aryl methyl sites for hydroxylation is 1. The fraction of sp³-hybridized carbons (Fsp3) is 0.500. The van der Waals surface area contributed by atoms with Gasteiger partial charge in [-0.15, -0.1) is 0 Å². The van der Waals surface area contributed by atoms with Crippen LogP contribution in [0.25, 0.3) is 0 Å². The molecule has 2 aliphatic rings. The molecule has 30 heavy (non-hydrogen) atoms. The van der Waals surface area contributed by atoms with Gasteiger partial charge in [0.2, 0.25) is 5.95 Å². The zero-order valence-electron chi connectivity index (χ0n) is 16.5. The molecule has 0 bridgehead atoms. The van der Waals surface area contributed by atoms with Gasteiger partial charge in [-0.2, -0.15) is 18.2 Å². The van der Waals surface area contributed by atoms with Crippen LogP contribution < -0.4 is 15.4 Å². The summed E-state index contributed by atoms with van der Waals surface area (Å²) in [6.07, 6.45) is -4.79. The zero-order chi connectivity index (χ0) is 21.5. The van der Waals surface area contributed by atoms with E-state index >= 15 is 0 Å². The Morgan fingerprint density at radius 3 is 2.53 bits per heavy atom. The standard InChI is InChI=1S/C20H22F4N4O2/c1-13-8-14(10-15(21)9-13)12-28-16(20(22,23)24)2-3-27-18(29)11-17(25-19(27)28)26-4-6-30-7-5-26/h8-11,16H,2-7,12H2,1H3. The summed E-state index contributed by atoms with van der Waals surface area (Å²) in [4.78, 5) is 20.0. The number of alkyl halides is 3. The van der Waals surface area contributed by atoms with Crippen molar-refractivity contribution in [1.29, 1.82) is 0 Å². The van der Waals surface area contributed by atoms with Gasteiger partial charge >= 0.3 is 6.18 Å². The summed E-state index contributed by atoms with van der Waals surface area (Å²) in [5, 5.41) is 0. The van der Waals surface area contributed by atoms with Gasteiger partial charge < -0.3 is 14.5 Å². The molecule has 6 nitrogen and oxygen atoms in total. The first kappa shape index (κ1) is 20.6. The minimum atomic E-state index is -4.51. The largest absolute Gasteiger partial charge is 0.408 e. The number of aromatic nitrogens is 2. The molecule has 1 unspecified atom stereocenters. The number of benzene rings is 1. The molecule has 2 aromatic rings. The van der Waals surface area contributed by atoms with Gasteiger partial charge in [0.15, 0.2) is 0 Å². The van der Waals surface area contributed by atoms with Crippen LogP contribution >= 0.6 is 0 Å². The average molecular weight is 426 g/mol. The second kappa shape index (κ2) is 7.90. The van der Waals surface area contributed by atoms with Gasteiger partial charge in [-0.3, -0.25) is 9.36 Å². The third-order valence-corrected chi connectivity index (χ3v) is 5.40. The lowest BCUT2D eigenvalue weighted by molar-refractivity contribution is -0.153. The zero-order valence-corrected chi connectivity index (χ0v) is 16.5. The Bertz CT molecular complexity index is 965. The van der Waals surface area contributed by atoms with Gasteiger partial charge in [-0.1, -0.05) is 6.07 Å². The highest BCUT2D eigenvalue weighted by Gasteiger charge is 2.47. The molecule has 162 valence electrons. The third kappa shape index (κ3) is 4.14. The van der Waals surface area contributed by atoms with Crippen molar-refractivity contribution in [3.63, 3.8) is 0 Å².